The normalized spacial score (nSPS) is 19.0. The number of aliphatic hydroxyl groups is 1. The zero-order valence-electron chi connectivity index (χ0n) is 18.9. The van der Waals surface area contributed by atoms with Crippen LogP contribution in [-0.2, 0) is 26.3 Å². The monoisotopic (exact) mass is 554 g/mol. The molecule has 2 amide bonds. The first-order chi connectivity index (χ1) is 16.0. The fraction of sp³-hybridized carbons (Fsp3) is 0.381. The van der Waals surface area contributed by atoms with Crippen LogP contribution >= 0.6 is 11.6 Å². The number of hydrogen-bond acceptors (Lipinski definition) is 6. The second-order valence-electron chi connectivity index (χ2n) is 7.85. The van der Waals surface area contributed by atoms with E-state index in [1.807, 2.05) is 0 Å². The van der Waals surface area contributed by atoms with Crippen LogP contribution in [0.15, 0.2) is 50.9 Å². The molecule has 1 aromatic rings. The highest BCUT2D eigenvalue weighted by Crippen LogP contribution is 2.39. The number of allylic oxidation sites excluding steroid dienone is 3. The molecule has 0 fully saturated rings. The van der Waals surface area contributed by atoms with Gasteiger partial charge >= 0.3 is 6.18 Å². The number of rotatable bonds is 6. The van der Waals surface area contributed by atoms with Crippen molar-refractivity contribution in [1.29, 1.82) is 0 Å². The summed E-state index contributed by atoms with van der Waals surface area (Å²) in [7, 11) is 0.192. The lowest BCUT2D eigenvalue weighted by molar-refractivity contribution is -0.244. The number of benzene rings is 1. The van der Waals surface area contributed by atoms with Crippen molar-refractivity contribution >= 4 is 49.7 Å². The van der Waals surface area contributed by atoms with Gasteiger partial charge in [0.2, 0.25) is 15.9 Å². The number of carbonyl (C=O) groups is 2. The molecule has 1 aliphatic carbocycles. The van der Waals surface area contributed by atoms with Crippen molar-refractivity contribution < 1.29 is 40.8 Å². The average Bonchev–Trinajstić information content (AvgIpc) is 2.77. The molecule has 8 nitrogen and oxygen atoms in total. The fourth-order valence-corrected chi connectivity index (χ4v) is 5.76. The summed E-state index contributed by atoms with van der Waals surface area (Å²) in [6, 6.07) is 5.55. The molecule has 2 N–H and O–H groups in total. The minimum Gasteiger partial charge on any atom is -0.607 e. The molecule has 0 aromatic heterocycles. The Morgan fingerprint density at radius 1 is 1.23 bits per heavy atom. The van der Waals surface area contributed by atoms with Crippen molar-refractivity contribution in [3.63, 3.8) is 0 Å². The molecule has 0 heterocycles. The highest BCUT2D eigenvalue weighted by Gasteiger charge is 2.56. The van der Waals surface area contributed by atoms with Crippen LogP contribution in [0.5, 0.6) is 0 Å². The van der Waals surface area contributed by atoms with Crippen LogP contribution < -0.4 is 5.32 Å². The van der Waals surface area contributed by atoms with Crippen molar-refractivity contribution in [1.82, 2.24) is 10.2 Å². The summed E-state index contributed by atoms with van der Waals surface area (Å²) in [5.41, 5.74) is -4.08. The van der Waals surface area contributed by atoms with Crippen LogP contribution in [-0.4, -0.2) is 65.5 Å². The quantitative estimate of drug-likeness (QED) is 0.410. The zero-order chi connectivity index (χ0) is 26.9. The molecule has 192 valence electrons. The minimum absolute atomic E-state index is 0.107. The molecule has 0 saturated carbocycles. The summed E-state index contributed by atoms with van der Waals surface area (Å²) in [5, 5.41) is 11.0. The molecular formula is C21H22ClF3N2O6S2. The predicted octanol–water partition coefficient (Wildman–Crippen LogP) is 2.35. The van der Waals surface area contributed by atoms with Gasteiger partial charge in [-0.25, -0.2) is 0 Å². The number of carbonyl (C=O) groups excluding carboxylic acids is 2. The van der Waals surface area contributed by atoms with Crippen LogP contribution in [0.25, 0.3) is 0 Å². The van der Waals surface area contributed by atoms with E-state index in [0.717, 1.165) is 6.08 Å². The van der Waals surface area contributed by atoms with E-state index in [2.05, 4.69) is 0 Å². The number of hydrogen-bond donors (Lipinski definition) is 2. The SMILES string of the molecule is CCC1C([S+]([O-])c2ccc(C(=O)N(C)C)cc2)=C(Cl)C(NC(=O)[C@@](C)(O)C(F)(F)F)=CC1=S(=O)=O. The maximum Gasteiger partial charge on any atom is 0.426 e. The van der Waals surface area contributed by atoms with E-state index < -0.39 is 55.8 Å². The Kier molecular flexibility index (Phi) is 8.88. The first-order valence-corrected chi connectivity index (χ1v) is 12.6. The van der Waals surface area contributed by atoms with Crippen LogP contribution in [0, 0.1) is 5.92 Å². The smallest absolute Gasteiger partial charge is 0.426 e. The van der Waals surface area contributed by atoms with Gasteiger partial charge in [0.25, 0.3) is 11.8 Å². The van der Waals surface area contributed by atoms with Gasteiger partial charge in [-0.05, 0) is 43.7 Å². The molecule has 14 heteroatoms. The number of nitrogens with zero attached hydrogens (tertiary/aromatic N) is 1. The zero-order valence-corrected chi connectivity index (χ0v) is 21.3. The Bertz CT molecular complexity index is 1210. The number of amides is 2. The van der Waals surface area contributed by atoms with Gasteiger partial charge in [0.05, 0.1) is 16.5 Å². The van der Waals surface area contributed by atoms with Crippen LogP contribution in [0.2, 0.25) is 0 Å². The van der Waals surface area contributed by atoms with Crippen LogP contribution in [0.3, 0.4) is 0 Å². The Hall–Kier alpha value is -2.32. The molecule has 2 rings (SSSR count). The Morgan fingerprint density at radius 3 is 2.20 bits per heavy atom. The summed E-state index contributed by atoms with van der Waals surface area (Å²) in [4.78, 5) is 25.2. The van der Waals surface area contributed by atoms with Crippen LogP contribution in [0.1, 0.15) is 30.6 Å². The maximum atomic E-state index is 13.4. The third-order valence-electron chi connectivity index (χ3n) is 5.16. The molecule has 0 radical (unpaired) electrons. The summed E-state index contributed by atoms with van der Waals surface area (Å²) in [5.74, 6) is -3.23. The third kappa shape index (κ3) is 5.92. The molecule has 1 aromatic carbocycles. The second kappa shape index (κ2) is 10.7. The van der Waals surface area contributed by atoms with Gasteiger partial charge < -0.3 is 19.9 Å². The van der Waals surface area contributed by atoms with E-state index in [9.17, 15) is 40.8 Å². The van der Waals surface area contributed by atoms with Crippen molar-refractivity contribution in [2.75, 3.05) is 14.1 Å². The largest absolute Gasteiger partial charge is 0.607 e. The lowest BCUT2D eigenvalue weighted by Crippen LogP contribution is -2.54. The Labute approximate surface area is 209 Å². The molecule has 35 heavy (non-hydrogen) atoms. The first-order valence-electron chi connectivity index (χ1n) is 9.96. The molecule has 0 spiro atoms. The summed E-state index contributed by atoms with van der Waals surface area (Å²) < 4.78 is 76.4. The third-order valence-corrected chi connectivity index (χ3v) is 8.06. The first kappa shape index (κ1) is 28.9. The number of halogens is 4. The average molecular weight is 555 g/mol. The van der Waals surface area contributed by atoms with Gasteiger partial charge in [0, 0.05) is 30.8 Å². The number of nitrogens with one attached hydrogen (secondary N) is 1. The topological polar surface area (TPSA) is 127 Å². The molecule has 0 bridgehead atoms. The standard InChI is InChI=1S/C21H22ClF3N2O6S2/c1-5-13-15(35(32)33)10-14(26-19(29)20(2,30)21(23,24)25)16(22)17(13)34(31)12-8-6-11(7-9-12)18(28)27(3)4/h6-10,13,30H,5H2,1-4H3,(H,26,29)/t13?,20-,34?/m1/s1. The van der Waals surface area contributed by atoms with Gasteiger partial charge in [-0.2, -0.15) is 21.6 Å². The molecule has 0 saturated heterocycles. The van der Waals surface area contributed by atoms with E-state index in [0.29, 0.717) is 5.56 Å². The summed E-state index contributed by atoms with van der Waals surface area (Å²) in [6.45, 7) is 1.81. The second-order valence-corrected chi connectivity index (χ2v) is 10.6. The van der Waals surface area contributed by atoms with E-state index >= 15 is 0 Å². The van der Waals surface area contributed by atoms with E-state index in [-0.39, 0.29) is 33.9 Å². The van der Waals surface area contributed by atoms with Crippen molar-refractivity contribution in [3.05, 3.63) is 51.5 Å². The van der Waals surface area contributed by atoms with Crippen LogP contribution in [0.4, 0.5) is 13.2 Å². The molecule has 1 aliphatic rings. The van der Waals surface area contributed by atoms with Crippen molar-refractivity contribution in [3.8, 4) is 0 Å². The highest BCUT2D eigenvalue weighted by molar-refractivity contribution is 7.95. The maximum absolute atomic E-state index is 13.4. The number of alkyl halides is 3. The van der Waals surface area contributed by atoms with E-state index in [1.165, 1.54) is 29.2 Å². The summed E-state index contributed by atoms with van der Waals surface area (Å²) >= 11 is 4.21. The van der Waals surface area contributed by atoms with E-state index in [1.54, 1.807) is 26.3 Å². The van der Waals surface area contributed by atoms with Crippen molar-refractivity contribution in [2.45, 2.75) is 36.9 Å². The van der Waals surface area contributed by atoms with Gasteiger partial charge in [0.15, 0.2) is 9.80 Å². The lowest BCUT2D eigenvalue weighted by atomic mass is 9.95. The van der Waals surface area contributed by atoms with Gasteiger partial charge in [-0.15, -0.1) is 0 Å². The molecule has 0 aliphatic heterocycles. The lowest BCUT2D eigenvalue weighted by Gasteiger charge is -2.29. The molecular weight excluding hydrogens is 533 g/mol. The van der Waals surface area contributed by atoms with Gasteiger partial charge in [0.1, 0.15) is 5.03 Å². The molecule has 3 atom stereocenters. The summed E-state index contributed by atoms with van der Waals surface area (Å²) in [6.07, 6.45) is -4.36. The van der Waals surface area contributed by atoms with Gasteiger partial charge in [-0.3, -0.25) is 9.59 Å². The highest BCUT2D eigenvalue weighted by atomic mass is 35.5. The van der Waals surface area contributed by atoms with E-state index in [4.69, 9.17) is 11.6 Å². The molecule has 2 unspecified atom stereocenters. The fourth-order valence-electron chi connectivity index (χ4n) is 3.05. The van der Waals surface area contributed by atoms with Gasteiger partial charge in [-0.1, -0.05) is 18.5 Å². The van der Waals surface area contributed by atoms with Crippen molar-refractivity contribution in [2.24, 2.45) is 5.92 Å². The predicted molar refractivity (Wildman–Crippen MR) is 124 cm³/mol. The Morgan fingerprint density at radius 2 is 1.77 bits per heavy atom. The minimum atomic E-state index is -5.33. The Balaban J connectivity index is 2.58.